The highest BCUT2D eigenvalue weighted by Gasteiger charge is 2.14. The summed E-state index contributed by atoms with van der Waals surface area (Å²) < 4.78 is 0. The molecule has 7 N–H and O–H groups in total. The quantitative estimate of drug-likeness (QED) is 0.0635. The van der Waals surface area contributed by atoms with E-state index in [-0.39, 0.29) is 57.1 Å². The van der Waals surface area contributed by atoms with Gasteiger partial charge in [-0.2, -0.15) is 0 Å². The lowest BCUT2D eigenvalue weighted by Gasteiger charge is -2.15. The Labute approximate surface area is 224 Å². The second-order valence-corrected chi connectivity index (χ2v) is 8.99. The van der Waals surface area contributed by atoms with Gasteiger partial charge in [0.05, 0.1) is 0 Å². The highest BCUT2D eigenvalue weighted by atomic mass is 16.5. The molecule has 38 heavy (non-hydrogen) atoms. The Balaban J connectivity index is 3.75. The predicted octanol–water partition coefficient (Wildman–Crippen LogP) is 0.532. The Kier molecular flexibility index (Phi) is 20.6. The van der Waals surface area contributed by atoms with E-state index in [2.05, 4.69) is 10.6 Å². The summed E-state index contributed by atoms with van der Waals surface area (Å²) in [5, 5.41) is 35.9. The molecular formula is C24H46N6O8. The summed E-state index contributed by atoms with van der Waals surface area (Å²) in [6, 6.07) is 0. The van der Waals surface area contributed by atoms with Crippen LogP contribution in [0.5, 0.6) is 0 Å². The van der Waals surface area contributed by atoms with Gasteiger partial charge in [-0.1, -0.05) is 0 Å². The Morgan fingerprint density at radius 1 is 0.579 bits per heavy atom. The maximum absolute atomic E-state index is 12.0. The molecule has 0 bridgehead atoms. The van der Waals surface area contributed by atoms with Crippen molar-refractivity contribution in [2.24, 2.45) is 5.73 Å². The van der Waals surface area contributed by atoms with Gasteiger partial charge in [-0.15, -0.1) is 0 Å². The van der Waals surface area contributed by atoms with Crippen molar-refractivity contribution in [3.63, 3.8) is 0 Å². The Morgan fingerprint density at radius 2 is 0.974 bits per heavy atom. The van der Waals surface area contributed by atoms with Crippen LogP contribution < -0.4 is 16.4 Å². The van der Waals surface area contributed by atoms with Crippen LogP contribution in [0, 0.1) is 0 Å². The van der Waals surface area contributed by atoms with Crippen LogP contribution in [0.1, 0.15) is 84.0 Å². The summed E-state index contributed by atoms with van der Waals surface area (Å²) in [4.78, 5) is 58.2. The molecule has 0 aliphatic heterocycles. The Bertz CT molecular complexity index is 724. The third-order valence-corrected chi connectivity index (χ3v) is 5.63. The lowest BCUT2D eigenvalue weighted by Crippen LogP contribution is -2.31. The molecule has 0 aromatic carbocycles. The SMILES string of the molecule is CC(=O)N(O)CCCCCNC(=O)CCC(=O)N(O)CCCCCNC(=O)CCC(=O)N(O)CCCCN. The second-order valence-electron chi connectivity index (χ2n) is 8.99. The molecule has 0 aromatic heterocycles. The van der Waals surface area contributed by atoms with Gasteiger partial charge in [0, 0.05) is 65.3 Å². The van der Waals surface area contributed by atoms with Crippen LogP contribution in [-0.2, 0) is 24.0 Å². The van der Waals surface area contributed by atoms with Gasteiger partial charge in [0.2, 0.25) is 29.5 Å². The van der Waals surface area contributed by atoms with Crippen LogP contribution in [-0.4, -0.2) is 99.6 Å². The van der Waals surface area contributed by atoms with Crippen molar-refractivity contribution in [3.8, 4) is 0 Å². The molecule has 0 saturated carbocycles. The fourth-order valence-electron chi connectivity index (χ4n) is 3.27. The van der Waals surface area contributed by atoms with E-state index >= 15 is 0 Å². The first-order valence-corrected chi connectivity index (χ1v) is 13.3. The standard InChI is InChI=1S/C24H46N6O8/c1-20(31)28(36)17-7-2-5-15-26-21(32)10-12-23(34)29(37)18-8-3-6-16-27-22(33)11-13-24(35)30(38)19-9-4-14-25/h36-38H,2-19,25H2,1H3,(H,26,32)(H,27,33). The summed E-state index contributed by atoms with van der Waals surface area (Å²) >= 11 is 0. The number of amides is 5. The van der Waals surface area contributed by atoms with Crippen LogP contribution >= 0.6 is 0 Å². The average molecular weight is 547 g/mol. The van der Waals surface area contributed by atoms with E-state index < -0.39 is 17.7 Å². The minimum Gasteiger partial charge on any atom is -0.356 e. The van der Waals surface area contributed by atoms with Crippen molar-refractivity contribution in [2.75, 3.05) is 39.3 Å². The molecule has 0 atom stereocenters. The lowest BCUT2D eigenvalue weighted by atomic mass is 10.2. The molecule has 0 fully saturated rings. The van der Waals surface area contributed by atoms with Crippen molar-refractivity contribution in [1.29, 1.82) is 0 Å². The van der Waals surface area contributed by atoms with Crippen LogP contribution in [0.25, 0.3) is 0 Å². The number of unbranched alkanes of at least 4 members (excludes halogenated alkanes) is 5. The maximum atomic E-state index is 12.0. The third-order valence-electron chi connectivity index (χ3n) is 5.63. The van der Waals surface area contributed by atoms with Gasteiger partial charge in [0.1, 0.15) is 0 Å². The van der Waals surface area contributed by atoms with Crippen LogP contribution in [0.15, 0.2) is 0 Å². The topological polar surface area (TPSA) is 206 Å². The zero-order valence-electron chi connectivity index (χ0n) is 22.5. The summed E-state index contributed by atoms with van der Waals surface area (Å²) in [7, 11) is 0. The Hall–Kier alpha value is -2.81. The minimum atomic E-state index is -0.550. The van der Waals surface area contributed by atoms with Gasteiger partial charge in [-0.05, 0) is 57.9 Å². The molecule has 220 valence electrons. The number of hydrogen-bond acceptors (Lipinski definition) is 9. The summed E-state index contributed by atoms with van der Waals surface area (Å²) in [6.07, 6.45) is 4.81. The molecule has 14 nitrogen and oxygen atoms in total. The van der Waals surface area contributed by atoms with Gasteiger partial charge in [0.15, 0.2) is 0 Å². The second kappa shape index (κ2) is 22.2. The van der Waals surface area contributed by atoms with Crippen molar-refractivity contribution in [2.45, 2.75) is 84.0 Å². The number of nitrogens with zero attached hydrogens (tertiary/aromatic N) is 3. The Morgan fingerprint density at radius 3 is 1.37 bits per heavy atom. The van der Waals surface area contributed by atoms with Gasteiger partial charge >= 0.3 is 0 Å². The van der Waals surface area contributed by atoms with E-state index in [4.69, 9.17) is 5.73 Å². The molecular weight excluding hydrogens is 500 g/mol. The molecule has 0 aliphatic carbocycles. The van der Waals surface area contributed by atoms with Crippen LogP contribution in [0.4, 0.5) is 0 Å². The predicted molar refractivity (Wildman–Crippen MR) is 137 cm³/mol. The summed E-state index contributed by atoms with van der Waals surface area (Å²) in [5.74, 6) is -2.07. The normalized spacial score (nSPS) is 10.6. The van der Waals surface area contributed by atoms with Gasteiger partial charge in [-0.25, -0.2) is 15.2 Å². The first-order valence-electron chi connectivity index (χ1n) is 13.3. The molecule has 0 aliphatic rings. The van der Waals surface area contributed by atoms with E-state index in [9.17, 15) is 39.6 Å². The van der Waals surface area contributed by atoms with E-state index in [1.165, 1.54) is 6.92 Å². The molecule has 0 saturated heterocycles. The zero-order chi connectivity index (χ0) is 28.8. The van der Waals surface area contributed by atoms with Gasteiger partial charge in [-0.3, -0.25) is 39.6 Å². The smallest absolute Gasteiger partial charge is 0.246 e. The molecule has 0 unspecified atom stereocenters. The van der Waals surface area contributed by atoms with Gasteiger partial charge in [0.25, 0.3) is 0 Å². The summed E-state index contributed by atoms with van der Waals surface area (Å²) in [5.41, 5.74) is 5.36. The first kappa shape index (κ1) is 35.2. The van der Waals surface area contributed by atoms with Crippen LogP contribution in [0.2, 0.25) is 0 Å². The van der Waals surface area contributed by atoms with Crippen molar-refractivity contribution in [3.05, 3.63) is 0 Å². The number of hydrogen-bond donors (Lipinski definition) is 6. The molecule has 0 rings (SSSR count). The summed E-state index contributed by atoms with van der Waals surface area (Å²) in [6.45, 7) is 3.10. The number of rotatable bonds is 22. The molecule has 0 aromatic rings. The van der Waals surface area contributed by atoms with E-state index in [1.807, 2.05) is 0 Å². The largest absolute Gasteiger partial charge is 0.356 e. The minimum absolute atomic E-state index is 0.0249. The van der Waals surface area contributed by atoms with Crippen LogP contribution in [0.3, 0.4) is 0 Å². The van der Waals surface area contributed by atoms with E-state index in [1.54, 1.807) is 0 Å². The third kappa shape index (κ3) is 19.3. The van der Waals surface area contributed by atoms with E-state index in [0.29, 0.717) is 79.8 Å². The fraction of sp³-hybridized carbons (Fsp3) is 0.792. The number of hydroxylamine groups is 6. The lowest BCUT2D eigenvalue weighted by molar-refractivity contribution is -0.166. The molecule has 0 radical (unpaired) electrons. The molecule has 14 heteroatoms. The van der Waals surface area contributed by atoms with Gasteiger partial charge < -0.3 is 16.4 Å². The maximum Gasteiger partial charge on any atom is 0.246 e. The molecule has 0 heterocycles. The number of nitrogens with two attached hydrogens (primary N) is 1. The number of nitrogens with one attached hydrogen (secondary N) is 2. The highest BCUT2D eigenvalue weighted by Crippen LogP contribution is 2.03. The molecule has 0 spiro atoms. The van der Waals surface area contributed by atoms with E-state index in [0.717, 1.165) is 6.42 Å². The molecule has 5 amide bonds. The zero-order valence-corrected chi connectivity index (χ0v) is 22.5. The van der Waals surface area contributed by atoms with Crippen molar-refractivity contribution < 1.29 is 39.6 Å². The fourth-order valence-corrected chi connectivity index (χ4v) is 3.27. The number of carbonyl (C=O) groups is 5. The van der Waals surface area contributed by atoms with Crippen molar-refractivity contribution >= 4 is 29.5 Å². The first-order chi connectivity index (χ1) is 18.1. The monoisotopic (exact) mass is 546 g/mol. The van der Waals surface area contributed by atoms with Crippen molar-refractivity contribution in [1.82, 2.24) is 25.8 Å². The number of carbonyl (C=O) groups excluding carboxylic acids is 5. The average Bonchev–Trinajstić information content (AvgIpc) is 2.89. The highest BCUT2D eigenvalue weighted by molar-refractivity contribution is 5.83.